The zero-order valence-electron chi connectivity index (χ0n) is 35.2. The molecule has 2 saturated heterocycles. The molecule has 6 N–H and O–H groups in total. The maximum atomic E-state index is 14.2. The van der Waals surface area contributed by atoms with Crippen LogP contribution in [-0.2, 0) is 20.8 Å². The maximum Gasteiger partial charge on any atom is 0.246 e. The molecule has 3 amide bonds. The molecule has 2 aliphatic rings. The number of piperazine rings is 1. The smallest absolute Gasteiger partial charge is 0.246 e. The number of nitrogens with two attached hydrogens (primary N) is 1. The summed E-state index contributed by atoms with van der Waals surface area (Å²) in [6.45, 7) is 12.1. The molecule has 5 heterocycles. The minimum atomic E-state index is -0.927. The normalized spacial score (nSPS) is 17.8. The van der Waals surface area contributed by atoms with E-state index in [4.69, 9.17) is 5.73 Å². The minimum Gasteiger partial charge on any atom is -0.507 e. The number of rotatable bonds is 12. The van der Waals surface area contributed by atoms with E-state index in [2.05, 4.69) is 40.6 Å². The second-order valence-corrected chi connectivity index (χ2v) is 17.8. The number of β-amino-alcohol motifs (C(OH)–C–C–N with tert-alkyl or cyclic N) is 1. The Kier molecular flexibility index (Phi) is 12.8. The number of nitrogen functional groups attached to an aromatic ring is 1. The Morgan fingerprint density at radius 1 is 0.951 bits per heavy atom. The molecule has 61 heavy (non-hydrogen) atoms. The van der Waals surface area contributed by atoms with Crippen LogP contribution in [-0.4, -0.2) is 104 Å². The summed E-state index contributed by atoms with van der Waals surface area (Å²) in [7, 11) is 0. The molecule has 0 spiro atoms. The van der Waals surface area contributed by atoms with Crippen LogP contribution < -0.4 is 26.2 Å². The summed E-state index contributed by atoms with van der Waals surface area (Å²) < 4.78 is 0. The molecule has 5 aromatic rings. The van der Waals surface area contributed by atoms with Gasteiger partial charge in [-0.05, 0) is 72.7 Å². The van der Waals surface area contributed by atoms with E-state index in [0.717, 1.165) is 38.8 Å². The Labute approximate surface area is 360 Å². The fourth-order valence-electron chi connectivity index (χ4n) is 7.94. The standard InChI is InChI=1S/C45H54N10O5S/c1-27(30-11-13-31(14-12-30)40-28(2)48-26-61-40)49-43(59)36-23-32(56)25-55(36)44(60)41(45(3,4)5)50-39(58)15-10-29-16-17-47-38(22-29)54-20-18-53(19-21-54)35-24-34(51-52-42(35)46)33-8-6-7-9-37(33)57/h6-9,11-14,16-17,22,24,26-27,32,36,41,56-57H,10,15,18-21,23,25H2,1-5H3,(H2,46,52)(H,49,59)(H,50,58)/t27-,32+,36-,41?/m0/s1. The van der Waals surface area contributed by atoms with Gasteiger partial charge < -0.3 is 41.3 Å². The Hall–Kier alpha value is -6.13. The third-order valence-corrected chi connectivity index (χ3v) is 12.4. The third kappa shape index (κ3) is 9.92. The van der Waals surface area contributed by atoms with Crippen LogP contribution in [0.1, 0.15) is 63.4 Å². The zero-order chi connectivity index (χ0) is 43.4. The minimum absolute atomic E-state index is 0.00316. The molecule has 2 aromatic carbocycles. The molecule has 1 unspecified atom stereocenters. The van der Waals surface area contributed by atoms with Gasteiger partial charge in [0, 0.05) is 57.3 Å². The molecule has 0 saturated carbocycles. The largest absolute Gasteiger partial charge is 0.507 e. The summed E-state index contributed by atoms with van der Waals surface area (Å²) in [6.07, 6.45) is 1.54. The van der Waals surface area contributed by atoms with Crippen LogP contribution in [0.15, 0.2) is 78.4 Å². The summed E-state index contributed by atoms with van der Waals surface area (Å²) in [4.78, 5) is 57.3. The van der Waals surface area contributed by atoms with Gasteiger partial charge in [-0.25, -0.2) is 9.97 Å². The number of phenolic OH excluding ortho intramolecular Hbond substituents is 1. The first-order chi connectivity index (χ1) is 29.2. The number of likely N-dealkylation sites (tertiary alicyclic amines) is 1. The van der Waals surface area contributed by atoms with Gasteiger partial charge in [0.15, 0.2) is 5.82 Å². The number of para-hydroxylation sites is 1. The number of nitrogens with one attached hydrogen (secondary N) is 2. The van der Waals surface area contributed by atoms with Gasteiger partial charge in [0.1, 0.15) is 23.7 Å². The number of carbonyl (C=O) groups is 3. The molecular weight excluding hydrogens is 793 g/mol. The maximum absolute atomic E-state index is 14.2. The molecule has 0 radical (unpaired) electrons. The van der Waals surface area contributed by atoms with Crippen LogP contribution in [0, 0.1) is 12.3 Å². The number of aromatic hydroxyl groups is 1. The second-order valence-electron chi connectivity index (χ2n) is 16.9. The van der Waals surface area contributed by atoms with Crippen molar-refractivity contribution in [2.45, 2.75) is 78.1 Å². The van der Waals surface area contributed by atoms with Crippen molar-refractivity contribution in [3.05, 3.63) is 95.3 Å². The monoisotopic (exact) mass is 846 g/mol. The number of hydrogen-bond donors (Lipinski definition) is 5. The summed E-state index contributed by atoms with van der Waals surface area (Å²) in [6, 6.07) is 18.5. The van der Waals surface area contributed by atoms with Gasteiger partial charge in [0.2, 0.25) is 17.7 Å². The SMILES string of the molecule is Cc1ncsc1-c1ccc([C@H](C)NC(=O)[C@@H]2C[C@@H](O)CN2C(=O)C(NC(=O)CCc2ccnc(N3CCN(c4cc(-c5ccccc5O)nnc4N)CC3)c2)C(C)(C)C)cc1. The van der Waals surface area contributed by atoms with E-state index in [1.54, 1.807) is 35.7 Å². The predicted molar refractivity (Wildman–Crippen MR) is 237 cm³/mol. The van der Waals surface area contributed by atoms with Gasteiger partial charge in [-0.3, -0.25) is 14.4 Å². The van der Waals surface area contributed by atoms with Crippen molar-refractivity contribution in [3.8, 4) is 27.4 Å². The number of aromatic nitrogens is 4. The predicted octanol–water partition coefficient (Wildman–Crippen LogP) is 4.89. The van der Waals surface area contributed by atoms with E-state index in [-0.39, 0.29) is 43.0 Å². The molecule has 2 fully saturated rings. The van der Waals surface area contributed by atoms with Crippen molar-refractivity contribution in [2.75, 3.05) is 48.3 Å². The molecule has 16 heteroatoms. The fourth-order valence-corrected chi connectivity index (χ4v) is 8.75. The number of hydrogen-bond acceptors (Lipinski definition) is 13. The number of aliphatic hydroxyl groups excluding tert-OH is 1. The fraction of sp³-hybridized carbons (Fsp3) is 0.400. The van der Waals surface area contributed by atoms with E-state index in [9.17, 15) is 24.6 Å². The topological polar surface area (TPSA) is 203 Å². The van der Waals surface area contributed by atoms with Crippen LogP contribution in [0.25, 0.3) is 21.7 Å². The number of thiazole rings is 1. The molecule has 0 aliphatic carbocycles. The van der Waals surface area contributed by atoms with Crippen molar-refractivity contribution in [2.24, 2.45) is 5.41 Å². The van der Waals surface area contributed by atoms with Crippen LogP contribution in [0.2, 0.25) is 0 Å². The summed E-state index contributed by atoms with van der Waals surface area (Å²) in [5, 5.41) is 35.4. The van der Waals surface area contributed by atoms with E-state index < -0.39 is 29.5 Å². The Balaban J connectivity index is 0.937. The number of aryl methyl sites for hydroxylation is 2. The van der Waals surface area contributed by atoms with Crippen LogP contribution >= 0.6 is 11.3 Å². The average Bonchev–Trinajstić information content (AvgIpc) is 3.87. The average molecular weight is 847 g/mol. The number of pyridine rings is 1. The number of phenols is 1. The number of amides is 3. The molecular formula is C45H54N10O5S. The lowest BCUT2D eigenvalue weighted by Crippen LogP contribution is -2.57. The highest BCUT2D eigenvalue weighted by Gasteiger charge is 2.44. The van der Waals surface area contributed by atoms with Crippen molar-refractivity contribution >= 4 is 46.4 Å². The van der Waals surface area contributed by atoms with E-state index >= 15 is 0 Å². The summed E-state index contributed by atoms with van der Waals surface area (Å²) >= 11 is 1.58. The summed E-state index contributed by atoms with van der Waals surface area (Å²) in [5.41, 5.74) is 13.1. The van der Waals surface area contributed by atoms with Crippen molar-refractivity contribution < 1.29 is 24.6 Å². The molecule has 3 aromatic heterocycles. The Bertz CT molecular complexity index is 2360. The molecule has 0 bridgehead atoms. The Morgan fingerprint density at radius 2 is 1.67 bits per heavy atom. The number of carbonyl (C=O) groups excluding carboxylic acids is 3. The zero-order valence-corrected chi connectivity index (χ0v) is 36.0. The molecule has 2 aliphatic heterocycles. The van der Waals surface area contributed by atoms with Crippen LogP contribution in [0.4, 0.5) is 17.3 Å². The van der Waals surface area contributed by atoms with Gasteiger partial charge in [-0.1, -0.05) is 57.2 Å². The van der Waals surface area contributed by atoms with Crippen molar-refractivity contribution in [1.82, 2.24) is 35.7 Å². The van der Waals surface area contributed by atoms with Gasteiger partial charge >= 0.3 is 0 Å². The van der Waals surface area contributed by atoms with Crippen molar-refractivity contribution in [3.63, 3.8) is 0 Å². The third-order valence-electron chi connectivity index (χ3n) is 11.4. The Morgan fingerprint density at radius 3 is 2.36 bits per heavy atom. The van der Waals surface area contributed by atoms with Crippen LogP contribution in [0.3, 0.4) is 0 Å². The van der Waals surface area contributed by atoms with Gasteiger partial charge in [0.05, 0.1) is 39.6 Å². The highest BCUT2D eigenvalue weighted by molar-refractivity contribution is 7.13. The highest BCUT2D eigenvalue weighted by Crippen LogP contribution is 2.33. The summed E-state index contributed by atoms with van der Waals surface area (Å²) in [5.74, 6) is 0.177. The lowest BCUT2D eigenvalue weighted by atomic mass is 9.85. The van der Waals surface area contributed by atoms with E-state index in [1.807, 2.05) is 88.7 Å². The highest BCUT2D eigenvalue weighted by atomic mass is 32.1. The van der Waals surface area contributed by atoms with Crippen LogP contribution in [0.5, 0.6) is 5.75 Å². The lowest BCUT2D eigenvalue weighted by Gasteiger charge is -2.37. The molecule has 15 nitrogen and oxygen atoms in total. The number of aliphatic hydroxyl groups is 1. The number of anilines is 3. The second kappa shape index (κ2) is 18.2. The quantitative estimate of drug-likeness (QED) is 0.114. The number of nitrogens with zero attached hydrogens (tertiary/aromatic N) is 7. The van der Waals surface area contributed by atoms with Crippen molar-refractivity contribution in [1.29, 1.82) is 0 Å². The molecule has 320 valence electrons. The molecule has 4 atom stereocenters. The first-order valence-electron chi connectivity index (χ1n) is 20.6. The van der Waals surface area contributed by atoms with Gasteiger partial charge in [-0.15, -0.1) is 21.5 Å². The molecule has 7 rings (SSSR count). The number of benzene rings is 2. The first-order valence-corrected chi connectivity index (χ1v) is 21.5. The lowest BCUT2D eigenvalue weighted by molar-refractivity contribution is -0.144. The van der Waals surface area contributed by atoms with E-state index in [1.165, 1.54) is 4.90 Å². The van der Waals surface area contributed by atoms with E-state index in [0.29, 0.717) is 49.7 Å². The van der Waals surface area contributed by atoms with Gasteiger partial charge in [0.25, 0.3) is 0 Å². The first kappa shape index (κ1) is 43.0. The van der Waals surface area contributed by atoms with Gasteiger partial charge in [-0.2, -0.15) is 0 Å².